The number of piperidine rings is 2. The van der Waals surface area contributed by atoms with Crippen molar-refractivity contribution in [2.24, 2.45) is 11.8 Å². The highest BCUT2D eigenvalue weighted by molar-refractivity contribution is 6.31. The largest absolute Gasteiger partial charge is 0.473 e. The first kappa shape index (κ1) is 48.2. The Labute approximate surface area is 383 Å². The van der Waals surface area contributed by atoms with Gasteiger partial charge in [-0.3, -0.25) is 19.4 Å². The predicted molar refractivity (Wildman–Crippen MR) is 245 cm³/mol. The minimum Gasteiger partial charge on any atom is -0.473 e. The number of carbonyl (C=O) groups is 4. The third kappa shape index (κ3) is 13.4. The lowest BCUT2D eigenvalue weighted by atomic mass is 9.94. The van der Waals surface area contributed by atoms with Crippen molar-refractivity contribution < 1.29 is 38.2 Å². The maximum atomic E-state index is 14.0. The molecule has 2 N–H and O–H groups in total. The van der Waals surface area contributed by atoms with E-state index in [2.05, 4.69) is 68.1 Å². The lowest BCUT2D eigenvalue weighted by molar-refractivity contribution is -0.159. The van der Waals surface area contributed by atoms with E-state index in [9.17, 15) is 18.4 Å². The smallest absolute Gasteiger partial charge is 0.414 e. The number of aliphatic carboxylic acids is 2. The molecule has 2 amide bonds. The average molecular weight is 922 g/mol. The summed E-state index contributed by atoms with van der Waals surface area (Å²) in [5.41, 5.74) is 3.55. The van der Waals surface area contributed by atoms with E-state index in [1.807, 2.05) is 21.9 Å². The van der Waals surface area contributed by atoms with Gasteiger partial charge in [-0.05, 0) is 100 Å². The third-order valence-electron chi connectivity index (χ3n) is 12.4. The maximum absolute atomic E-state index is 14.0. The minimum absolute atomic E-state index is 0.0746. The second-order valence-electron chi connectivity index (χ2n) is 16.4. The zero-order chi connectivity index (χ0) is 45.6. The number of hydrogen-bond donors (Lipinski definition) is 2. The summed E-state index contributed by atoms with van der Waals surface area (Å²) in [5.74, 6) is -3.46. The number of para-hydroxylation sites is 2. The monoisotopic (exact) mass is 920 g/mol. The van der Waals surface area contributed by atoms with Crippen LogP contribution in [0.1, 0.15) is 36.8 Å². The number of carboxylic acids is 2. The van der Waals surface area contributed by atoms with Gasteiger partial charge in [-0.1, -0.05) is 71.7 Å². The van der Waals surface area contributed by atoms with Gasteiger partial charge in [0.15, 0.2) is 0 Å². The average Bonchev–Trinajstić information content (AvgIpc) is 3.32. The number of amides is 2. The fraction of sp³-hybridized carbons (Fsp3) is 0.417. The molecule has 4 heterocycles. The zero-order valence-corrected chi connectivity index (χ0v) is 37.4. The highest BCUT2D eigenvalue weighted by Crippen LogP contribution is 2.28. The Balaban J connectivity index is 0.000000189. The summed E-state index contributed by atoms with van der Waals surface area (Å²) < 4.78 is 28.1. The normalized spacial score (nSPS) is 17.8. The predicted octanol–water partition coefficient (Wildman–Crippen LogP) is 7.24. The second-order valence-corrected chi connectivity index (χ2v) is 17.2. The summed E-state index contributed by atoms with van der Waals surface area (Å²) in [6.45, 7) is 10.8. The van der Waals surface area contributed by atoms with Gasteiger partial charge in [-0.2, -0.15) is 0 Å². The van der Waals surface area contributed by atoms with Crippen LogP contribution < -0.4 is 9.80 Å². The highest BCUT2D eigenvalue weighted by Gasteiger charge is 2.32. The van der Waals surface area contributed by atoms with Crippen LogP contribution in [0.15, 0.2) is 97.1 Å². The SMILES string of the molecule is O=C(C1CCN(Cc2c(F)cccc2Cl)CC1)N1CCN(c2ccccc2)CC1.O=C(C1CCN(Cc2c(F)cccc2Cl)CC1)N1CCN(c2ccccc2)CC1.O=C(O)C(=O)O. The van der Waals surface area contributed by atoms with Gasteiger partial charge in [0.1, 0.15) is 11.6 Å². The fourth-order valence-corrected chi connectivity index (χ4v) is 9.10. The number of likely N-dealkylation sites (tertiary alicyclic amines) is 2. The lowest BCUT2D eigenvalue weighted by Gasteiger charge is -2.39. The number of hydrogen-bond acceptors (Lipinski definition) is 8. The Hall–Kier alpha value is -5.28. The van der Waals surface area contributed by atoms with E-state index in [0.717, 1.165) is 104 Å². The van der Waals surface area contributed by atoms with Crippen LogP contribution in [0.5, 0.6) is 0 Å². The molecule has 64 heavy (non-hydrogen) atoms. The molecule has 16 heteroatoms. The Morgan fingerprint density at radius 3 is 1.09 bits per heavy atom. The van der Waals surface area contributed by atoms with Gasteiger partial charge in [-0.15, -0.1) is 0 Å². The molecule has 0 radical (unpaired) electrons. The molecule has 0 spiro atoms. The van der Waals surface area contributed by atoms with Crippen LogP contribution in [-0.4, -0.2) is 132 Å². The molecule has 4 fully saturated rings. The van der Waals surface area contributed by atoms with Crippen molar-refractivity contribution in [2.45, 2.75) is 38.8 Å². The van der Waals surface area contributed by atoms with Crippen LogP contribution in [0.3, 0.4) is 0 Å². The van der Waals surface area contributed by atoms with Crippen LogP contribution >= 0.6 is 23.2 Å². The summed E-state index contributed by atoms with van der Waals surface area (Å²) >= 11 is 12.3. The lowest BCUT2D eigenvalue weighted by Crippen LogP contribution is -2.51. The topological polar surface area (TPSA) is 128 Å². The number of nitrogens with zero attached hydrogens (tertiary/aromatic N) is 6. The first-order valence-electron chi connectivity index (χ1n) is 21.8. The van der Waals surface area contributed by atoms with Gasteiger partial charge < -0.3 is 29.8 Å². The Kier molecular flexibility index (Phi) is 17.8. The second kappa shape index (κ2) is 23.6. The van der Waals surface area contributed by atoms with Gasteiger partial charge in [-0.25, -0.2) is 18.4 Å². The summed E-state index contributed by atoms with van der Waals surface area (Å²) in [7, 11) is 0. The van der Waals surface area contributed by atoms with Gasteiger partial charge in [0.25, 0.3) is 0 Å². The van der Waals surface area contributed by atoms with Crippen LogP contribution in [-0.2, 0) is 32.3 Å². The van der Waals surface area contributed by atoms with E-state index < -0.39 is 11.9 Å². The van der Waals surface area contributed by atoms with Crippen molar-refractivity contribution >= 4 is 58.3 Å². The van der Waals surface area contributed by atoms with E-state index in [-0.39, 0.29) is 35.3 Å². The van der Waals surface area contributed by atoms with Gasteiger partial charge >= 0.3 is 11.9 Å². The molecule has 12 nitrogen and oxygen atoms in total. The van der Waals surface area contributed by atoms with E-state index in [4.69, 9.17) is 43.0 Å². The highest BCUT2D eigenvalue weighted by atomic mass is 35.5. The van der Waals surface area contributed by atoms with E-state index >= 15 is 0 Å². The number of halogens is 4. The van der Waals surface area contributed by atoms with Gasteiger partial charge in [0.2, 0.25) is 11.8 Å². The number of benzene rings is 4. The number of piperazine rings is 2. The van der Waals surface area contributed by atoms with Crippen molar-refractivity contribution in [2.75, 3.05) is 88.3 Å². The van der Waals surface area contributed by atoms with E-state index in [0.29, 0.717) is 34.3 Å². The molecule has 0 atom stereocenters. The zero-order valence-electron chi connectivity index (χ0n) is 35.8. The first-order valence-corrected chi connectivity index (χ1v) is 22.6. The van der Waals surface area contributed by atoms with E-state index in [1.165, 1.54) is 23.5 Å². The Morgan fingerprint density at radius 2 is 0.797 bits per heavy atom. The summed E-state index contributed by atoms with van der Waals surface area (Å²) in [5, 5.41) is 15.7. The van der Waals surface area contributed by atoms with Crippen molar-refractivity contribution in [3.63, 3.8) is 0 Å². The molecule has 4 saturated heterocycles. The van der Waals surface area contributed by atoms with Gasteiger partial charge in [0, 0.05) is 110 Å². The van der Waals surface area contributed by atoms with Crippen LogP contribution in [0, 0.1) is 23.5 Å². The number of carbonyl (C=O) groups excluding carboxylic acids is 2. The molecule has 4 aliphatic rings. The molecule has 4 aliphatic heterocycles. The molecule has 0 saturated carbocycles. The standard InChI is InChI=1S/2C23H27ClFN3O.C2H2O4/c2*24-21-7-4-8-22(25)20(21)17-26-11-9-18(10-12-26)23(29)28-15-13-27(14-16-28)19-5-2-1-3-6-19;3-1(4)2(5)6/h2*1-8,18H,9-17H2;(H,3,4)(H,5,6). The molecule has 4 aromatic rings. The number of rotatable bonds is 8. The number of carboxylic acid groups (broad SMARTS) is 2. The summed E-state index contributed by atoms with van der Waals surface area (Å²) in [6.07, 6.45) is 3.29. The molecule has 0 bridgehead atoms. The summed E-state index contributed by atoms with van der Waals surface area (Å²) in [6, 6.07) is 30.3. The van der Waals surface area contributed by atoms with Gasteiger partial charge in [0.05, 0.1) is 0 Å². The van der Waals surface area contributed by atoms with Crippen LogP contribution in [0.25, 0.3) is 0 Å². The van der Waals surface area contributed by atoms with Crippen molar-refractivity contribution in [3.8, 4) is 0 Å². The molecular formula is C48H56Cl2F2N6O6. The maximum Gasteiger partial charge on any atom is 0.414 e. The van der Waals surface area contributed by atoms with Crippen LogP contribution in [0.4, 0.5) is 20.2 Å². The summed E-state index contributed by atoms with van der Waals surface area (Å²) in [4.78, 5) is 57.3. The first-order chi connectivity index (χ1) is 30.9. The minimum atomic E-state index is -1.82. The fourth-order valence-electron chi connectivity index (χ4n) is 8.65. The molecule has 4 aromatic carbocycles. The molecule has 342 valence electrons. The molecule has 0 unspecified atom stereocenters. The molecule has 0 aliphatic carbocycles. The Morgan fingerprint density at radius 1 is 0.469 bits per heavy atom. The van der Waals surface area contributed by atoms with Crippen molar-refractivity contribution in [1.82, 2.24) is 19.6 Å². The number of anilines is 2. The van der Waals surface area contributed by atoms with Crippen molar-refractivity contribution in [3.05, 3.63) is 130 Å². The third-order valence-corrected chi connectivity index (χ3v) is 13.1. The quantitative estimate of drug-likeness (QED) is 0.175. The molecule has 8 rings (SSSR count). The Bertz CT molecular complexity index is 1970. The molecular weight excluding hydrogens is 865 g/mol. The van der Waals surface area contributed by atoms with Crippen molar-refractivity contribution in [1.29, 1.82) is 0 Å². The van der Waals surface area contributed by atoms with Crippen LogP contribution in [0.2, 0.25) is 10.0 Å². The molecule has 0 aromatic heterocycles. The van der Waals surface area contributed by atoms with E-state index in [1.54, 1.807) is 24.3 Å².